The molecule has 0 fully saturated rings. The summed E-state index contributed by atoms with van der Waals surface area (Å²) in [5.74, 6) is 0.0769. The van der Waals surface area contributed by atoms with Gasteiger partial charge in [-0.2, -0.15) is 0 Å². The summed E-state index contributed by atoms with van der Waals surface area (Å²) in [7, 11) is 1.79. The Morgan fingerprint density at radius 2 is 2.45 bits per heavy atom. The van der Waals surface area contributed by atoms with Gasteiger partial charge in [0.1, 0.15) is 0 Å². The highest BCUT2D eigenvalue weighted by atomic mass is 16.2. The zero-order chi connectivity index (χ0) is 7.84. The van der Waals surface area contributed by atoms with Gasteiger partial charge < -0.3 is 4.81 Å². The minimum Gasteiger partial charge on any atom is -0.386 e. The molecule has 0 N–H and O–H groups in total. The Hall–Kier alpha value is -1.32. The number of fused-ring (bicyclic) bond motifs is 1. The summed E-state index contributed by atoms with van der Waals surface area (Å²) < 4.78 is 0. The lowest BCUT2D eigenvalue weighted by atomic mass is 10.2. The van der Waals surface area contributed by atoms with Crippen LogP contribution in [0.4, 0.5) is 0 Å². The first-order valence-electron chi connectivity index (χ1n) is 3.47. The molecule has 0 aliphatic carbocycles. The van der Waals surface area contributed by atoms with Crippen molar-refractivity contribution in [2.45, 2.75) is 6.54 Å². The number of hydrogen-bond acceptors (Lipinski definition) is 2. The van der Waals surface area contributed by atoms with Crippen LogP contribution in [0.2, 0.25) is 0 Å². The molecule has 1 aromatic heterocycles. The molecule has 0 radical (unpaired) electrons. The zero-order valence-corrected chi connectivity index (χ0v) is 6.24. The van der Waals surface area contributed by atoms with Crippen LogP contribution in [0.1, 0.15) is 15.9 Å². The molecular weight excluding hydrogens is 139 g/mol. The Balaban J connectivity index is 2.55. The third-order valence-corrected chi connectivity index (χ3v) is 1.90. The van der Waals surface area contributed by atoms with Gasteiger partial charge in [0.25, 0.3) is 0 Å². The summed E-state index contributed by atoms with van der Waals surface area (Å²) in [6.45, 7) is 0.719. The molecule has 54 valence electrons. The molecule has 1 aliphatic rings. The first-order valence-corrected chi connectivity index (χ1v) is 3.47. The lowest BCUT2D eigenvalue weighted by molar-refractivity contribution is 0.0880. The van der Waals surface area contributed by atoms with E-state index in [2.05, 4.69) is 4.98 Å². The quantitative estimate of drug-likeness (QED) is 0.466. The van der Waals surface area contributed by atoms with Gasteiger partial charge in [-0.1, -0.05) is 0 Å². The maximum atomic E-state index is 11.3. The molecule has 2 heterocycles. The Bertz CT molecular complexity index is 313. The summed E-state index contributed by atoms with van der Waals surface area (Å²) in [6.07, 6.45) is 3.34. The number of amides is 1. The van der Waals surface area contributed by atoms with Gasteiger partial charge in [0, 0.05) is 18.9 Å². The minimum absolute atomic E-state index is 0.0769. The number of carbonyl (C=O) groups excluding carboxylic acids is 1. The SMILES string of the molecule is BN1Cc2ccncc2C1=O. The normalized spacial score (nSPS) is 15.3. The molecule has 1 aliphatic heterocycles. The monoisotopic (exact) mass is 146 g/mol. The van der Waals surface area contributed by atoms with Crippen molar-refractivity contribution < 1.29 is 4.79 Å². The van der Waals surface area contributed by atoms with E-state index in [1.54, 1.807) is 25.2 Å². The highest BCUT2D eigenvalue weighted by Crippen LogP contribution is 2.18. The first kappa shape index (κ1) is 6.40. The van der Waals surface area contributed by atoms with Crippen LogP contribution in [0.5, 0.6) is 0 Å². The van der Waals surface area contributed by atoms with Crippen LogP contribution in [0.3, 0.4) is 0 Å². The van der Waals surface area contributed by atoms with Gasteiger partial charge in [0.2, 0.25) is 13.9 Å². The number of pyridine rings is 1. The molecule has 11 heavy (non-hydrogen) atoms. The summed E-state index contributed by atoms with van der Waals surface area (Å²) in [4.78, 5) is 16.9. The fourth-order valence-corrected chi connectivity index (χ4v) is 1.29. The van der Waals surface area contributed by atoms with Crippen molar-refractivity contribution in [1.82, 2.24) is 9.79 Å². The lowest BCUT2D eigenvalue weighted by Gasteiger charge is -2.04. The highest BCUT2D eigenvalue weighted by molar-refractivity contribution is 6.19. The van der Waals surface area contributed by atoms with Crippen LogP contribution < -0.4 is 0 Å². The molecule has 0 aromatic carbocycles. The van der Waals surface area contributed by atoms with Crippen molar-refractivity contribution in [3.63, 3.8) is 0 Å². The first-order chi connectivity index (χ1) is 5.29. The summed E-state index contributed by atoms with van der Waals surface area (Å²) in [5.41, 5.74) is 1.82. The van der Waals surface area contributed by atoms with Crippen LogP contribution in [0.25, 0.3) is 0 Å². The van der Waals surface area contributed by atoms with E-state index in [0.717, 1.165) is 17.7 Å². The summed E-state index contributed by atoms with van der Waals surface area (Å²) in [6, 6.07) is 1.89. The number of hydrogen-bond donors (Lipinski definition) is 0. The Kier molecular flexibility index (Phi) is 1.21. The predicted octanol–water partition coefficient (Wildman–Crippen LogP) is -0.415. The molecule has 0 saturated carbocycles. The fourth-order valence-electron chi connectivity index (χ4n) is 1.29. The molecule has 4 heteroatoms. The van der Waals surface area contributed by atoms with Crippen LogP contribution in [0, 0.1) is 0 Å². The number of nitrogens with zero attached hydrogens (tertiary/aromatic N) is 2. The molecule has 0 saturated heterocycles. The molecule has 0 bridgehead atoms. The Morgan fingerprint density at radius 1 is 1.64 bits per heavy atom. The van der Waals surface area contributed by atoms with Crippen LogP contribution in [-0.4, -0.2) is 23.7 Å². The average Bonchev–Trinajstić information content (AvgIpc) is 2.30. The minimum atomic E-state index is 0.0769. The van der Waals surface area contributed by atoms with E-state index in [1.165, 1.54) is 0 Å². The number of rotatable bonds is 0. The smallest absolute Gasteiger partial charge is 0.243 e. The van der Waals surface area contributed by atoms with E-state index in [4.69, 9.17) is 0 Å². The summed E-state index contributed by atoms with van der Waals surface area (Å²) in [5, 5.41) is 0. The molecule has 1 amide bonds. The summed E-state index contributed by atoms with van der Waals surface area (Å²) >= 11 is 0. The standard InChI is InChI=1S/C7H7BN2O/c8-10-4-5-1-2-9-3-6(5)7(10)11/h1-3H,4,8H2. The van der Waals surface area contributed by atoms with E-state index in [9.17, 15) is 4.79 Å². The van der Waals surface area contributed by atoms with Crippen molar-refractivity contribution in [3.8, 4) is 0 Å². The molecule has 3 nitrogen and oxygen atoms in total. The second-order valence-electron chi connectivity index (χ2n) is 2.69. The van der Waals surface area contributed by atoms with Crippen LogP contribution in [0.15, 0.2) is 18.5 Å². The topological polar surface area (TPSA) is 33.2 Å². The van der Waals surface area contributed by atoms with Crippen molar-refractivity contribution in [3.05, 3.63) is 29.6 Å². The maximum absolute atomic E-state index is 11.3. The van der Waals surface area contributed by atoms with Crippen molar-refractivity contribution >= 4 is 13.9 Å². The molecule has 2 rings (SSSR count). The second kappa shape index (κ2) is 2.08. The van der Waals surface area contributed by atoms with Gasteiger partial charge in [-0.3, -0.25) is 9.78 Å². The van der Waals surface area contributed by atoms with Gasteiger partial charge in [0.05, 0.1) is 5.56 Å². The second-order valence-corrected chi connectivity index (χ2v) is 2.69. The molecule has 0 atom stereocenters. The van der Waals surface area contributed by atoms with Gasteiger partial charge in [-0.05, 0) is 11.6 Å². The molecule has 1 aromatic rings. The van der Waals surface area contributed by atoms with Gasteiger partial charge in [0.15, 0.2) is 0 Å². The Labute approximate surface area is 65.5 Å². The van der Waals surface area contributed by atoms with Crippen LogP contribution >= 0.6 is 0 Å². The van der Waals surface area contributed by atoms with Crippen LogP contribution in [-0.2, 0) is 6.54 Å². The third kappa shape index (κ3) is 0.825. The molecule has 0 spiro atoms. The van der Waals surface area contributed by atoms with Gasteiger partial charge in [-0.15, -0.1) is 0 Å². The van der Waals surface area contributed by atoms with E-state index >= 15 is 0 Å². The van der Waals surface area contributed by atoms with Crippen molar-refractivity contribution in [2.24, 2.45) is 0 Å². The lowest BCUT2D eigenvalue weighted by Crippen LogP contribution is -2.19. The maximum Gasteiger partial charge on any atom is 0.243 e. The van der Waals surface area contributed by atoms with Gasteiger partial charge >= 0.3 is 0 Å². The predicted molar refractivity (Wildman–Crippen MR) is 42.7 cm³/mol. The van der Waals surface area contributed by atoms with Crippen molar-refractivity contribution in [2.75, 3.05) is 0 Å². The van der Waals surface area contributed by atoms with E-state index in [1.807, 2.05) is 6.07 Å². The largest absolute Gasteiger partial charge is 0.386 e. The Morgan fingerprint density at radius 3 is 3.18 bits per heavy atom. The molecular formula is C7H7BN2O. The highest BCUT2D eigenvalue weighted by Gasteiger charge is 2.22. The van der Waals surface area contributed by atoms with Crippen molar-refractivity contribution in [1.29, 1.82) is 0 Å². The van der Waals surface area contributed by atoms with Gasteiger partial charge in [-0.25, -0.2) is 0 Å². The zero-order valence-electron chi connectivity index (χ0n) is 6.24. The number of aromatic nitrogens is 1. The number of carbonyl (C=O) groups is 1. The van der Waals surface area contributed by atoms with E-state index in [0.29, 0.717) is 0 Å². The fraction of sp³-hybridized carbons (Fsp3) is 0.143. The van der Waals surface area contributed by atoms with E-state index < -0.39 is 0 Å². The van der Waals surface area contributed by atoms with E-state index in [-0.39, 0.29) is 5.91 Å². The third-order valence-electron chi connectivity index (χ3n) is 1.90. The average molecular weight is 146 g/mol. The molecule has 0 unspecified atom stereocenters.